The van der Waals surface area contributed by atoms with Gasteiger partial charge in [0.2, 0.25) is 0 Å². The van der Waals surface area contributed by atoms with Crippen molar-refractivity contribution in [2.45, 2.75) is 49.8 Å². The maximum atomic E-state index is 10.8. The van der Waals surface area contributed by atoms with Crippen LogP contribution < -0.4 is 11.1 Å². The van der Waals surface area contributed by atoms with Crippen molar-refractivity contribution in [3.63, 3.8) is 0 Å². The molecule has 0 aromatic heterocycles. The largest absolute Gasteiger partial charge is 0.388 e. The number of hydrogen-bond donors (Lipinski definition) is 3. The second kappa shape index (κ2) is 4.00. The van der Waals surface area contributed by atoms with Crippen LogP contribution in [0.1, 0.15) is 31.2 Å². The molecule has 1 fully saturated rings. The zero-order valence-electron chi connectivity index (χ0n) is 10.0. The Balaban J connectivity index is 1.79. The molecule has 1 aliphatic heterocycles. The first-order chi connectivity index (χ1) is 8.17. The van der Waals surface area contributed by atoms with Gasteiger partial charge in [0.1, 0.15) is 0 Å². The highest BCUT2D eigenvalue weighted by Gasteiger charge is 2.42. The van der Waals surface area contributed by atoms with Gasteiger partial charge in [-0.2, -0.15) is 0 Å². The third-order valence-electron chi connectivity index (χ3n) is 4.22. The molecule has 3 atom stereocenters. The molecular formula is C14H20N2O. The van der Waals surface area contributed by atoms with E-state index in [-0.39, 0.29) is 12.1 Å². The first-order valence-corrected chi connectivity index (χ1v) is 6.50. The normalized spacial score (nSPS) is 36.4. The van der Waals surface area contributed by atoms with E-state index in [0.29, 0.717) is 0 Å². The predicted octanol–water partition coefficient (Wildman–Crippen LogP) is 1.66. The van der Waals surface area contributed by atoms with Gasteiger partial charge in [0.25, 0.3) is 0 Å². The van der Waals surface area contributed by atoms with E-state index >= 15 is 0 Å². The van der Waals surface area contributed by atoms with Gasteiger partial charge >= 0.3 is 0 Å². The molecular weight excluding hydrogens is 212 g/mol. The maximum Gasteiger partial charge on any atom is 0.0865 e. The van der Waals surface area contributed by atoms with E-state index in [1.807, 2.05) is 6.07 Å². The fraction of sp³-hybridized carbons (Fsp3) is 0.571. The van der Waals surface area contributed by atoms with E-state index < -0.39 is 5.60 Å². The molecule has 1 aromatic rings. The van der Waals surface area contributed by atoms with Gasteiger partial charge in [-0.05, 0) is 43.7 Å². The molecule has 3 unspecified atom stereocenters. The average molecular weight is 232 g/mol. The van der Waals surface area contributed by atoms with E-state index in [1.54, 1.807) is 0 Å². The van der Waals surface area contributed by atoms with E-state index in [9.17, 15) is 5.11 Å². The number of aliphatic hydroxyl groups is 1. The summed E-state index contributed by atoms with van der Waals surface area (Å²) in [5, 5.41) is 14.2. The van der Waals surface area contributed by atoms with Crippen LogP contribution in [0.4, 0.5) is 5.69 Å². The van der Waals surface area contributed by atoms with Gasteiger partial charge < -0.3 is 16.2 Å². The van der Waals surface area contributed by atoms with Gasteiger partial charge in [0, 0.05) is 11.7 Å². The molecule has 1 saturated carbocycles. The summed E-state index contributed by atoms with van der Waals surface area (Å²) < 4.78 is 0. The molecule has 0 amide bonds. The van der Waals surface area contributed by atoms with Crippen molar-refractivity contribution in [2.75, 3.05) is 5.32 Å². The summed E-state index contributed by atoms with van der Waals surface area (Å²) in [6, 6.07) is 8.59. The molecule has 1 aliphatic carbocycles. The lowest BCUT2D eigenvalue weighted by Gasteiger charge is -2.40. The smallest absolute Gasteiger partial charge is 0.0865 e. The number of benzene rings is 1. The Labute approximate surface area is 102 Å². The van der Waals surface area contributed by atoms with E-state index in [4.69, 9.17) is 5.73 Å². The van der Waals surface area contributed by atoms with Crippen molar-refractivity contribution < 1.29 is 5.11 Å². The van der Waals surface area contributed by atoms with Crippen LogP contribution in [-0.4, -0.2) is 22.8 Å². The molecule has 4 N–H and O–H groups in total. The topological polar surface area (TPSA) is 58.3 Å². The highest BCUT2D eigenvalue weighted by atomic mass is 16.3. The third-order valence-corrected chi connectivity index (χ3v) is 4.22. The van der Waals surface area contributed by atoms with Crippen LogP contribution in [0.25, 0.3) is 0 Å². The monoisotopic (exact) mass is 232 g/mol. The molecule has 1 heterocycles. The molecule has 3 nitrogen and oxygen atoms in total. The zero-order chi connectivity index (χ0) is 11.9. The first-order valence-electron chi connectivity index (χ1n) is 6.50. The SMILES string of the molecule is NC1CCCC(O)(C2Cc3ccccc3N2)C1. The summed E-state index contributed by atoms with van der Waals surface area (Å²) >= 11 is 0. The van der Waals surface area contributed by atoms with Crippen molar-refractivity contribution in [3.8, 4) is 0 Å². The van der Waals surface area contributed by atoms with Crippen LogP contribution in [0.5, 0.6) is 0 Å². The van der Waals surface area contributed by atoms with Gasteiger partial charge in [-0.25, -0.2) is 0 Å². The minimum atomic E-state index is -0.628. The first kappa shape index (κ1) is 11.1. The van der Waals surface area contributed by atoms with Crippen molar-refractivity contribution in [1.82, 2.24) is 0 Å². The van der Waals surface area contributed by atoms with Crippen molar-refractivity contribution in [2.24, 2.45) is 5.73 Å². The maximum absolute atomic E-state index is 10.8. The molecule has 0 spiro atoms. The summed E-state index contributed by atoms with van der Waals surface area (Å²) in [7, 11) is 0. The molecule has 92 valence electrons. The van der Waals surface area contributed by atoms with Crippen LogP contribution in [0.3, 0.4) is 0 Å². The lowest BCUT2D eigenvalue weighted by molar-refractivity contribution is -0.0175. The summed E-state index contributed by atoms with van der Waals surface area (Å²) in [6.45, 7) is 0. The fourth-order valence-corrected chi connectivity index (χ4v) is 3.27. The Hall–Kier alpha value is -1.06. The molecule has 2 aliphatic rings. The van der Waals surface area contributed by atoms with E-state index in [2.05, 4.69) is 23.5 Å². The van der Waals surface area contributed by atoms with Crippen LogP contribution in [0.15, 0.2) is 24.3 Å². The quantitative estimate of drug-likeness (QED) is 0.690. The Morgan fingerprint density at radius 1 is 1.35 bits per heavy atom. The third kappa shape index (κ3) is 1.94. The average Bonchev–Trinajstić information content (AvgIpc) is 2.73. The Bertz CT molecular complexity index is 395. The molecule has 0 saturated heterocycles. The molecule has 0 radical (unpaired) electrons. The van der Waals surface area contributed by atoms with Gasteiger partial charge in [0.15, 0.2) is 0 Å². The van der Waals surface area contributed by atoms with Crippen molar-refractivity contribution >= 4 is 5.69 Å². The number of fused-ring (bicyclic) bond motifs is 1. The van der Waals surface area contributed by atoms with Gasteiger partial charge in [0.05, 0.1) is 11.6 Å². The highest BCUT2D eigenvalue weighted by Crippen LogP contribution is 2.37. The standard InChI is InChI=1S/C14H20N2O/c15-11-5-3-7-14(17,9-11)13-8-10-4-1-2-6-12(10)16-13/h1-2,4,6,11,13,16-17H,3,5,7-9,15H2. The van der Waals surface area contributed by atoms with Crippen LogP contribution in [0.2, 0.25) is 0 Å². The lowest BCUT2D eigenvalue weighted by Crippen LogP contribution is -2.52. The van der Waals surface area contributed by atoms with Gasteiger partial charge in [-0.15, -0.1) is 0 Å². The number of rotatable bonds is 1. The number of nitrogens with two attached hydrogens (primary N) is 1. The van der Waals surface area contributed by atoms with Crippen molar-refractivity contribution in [1.29, 1.82) is 0 Å². The summed E-state index contributed by atoms with van der Waals surface area (Å²) in [6.07, 6.45) is 4.58. The Morgan fingerprint density at radius 2 is 2.18 bits per heavy atom. The van der Waals surface area contributed by atoms with Crippen LogP contribution in [0, 0.1) is 0 Å². The minimum Gasteiger partial charge on any atom is -0.388 e. The number of para-hydroxylation sites is 1. The number of anilines is 1. The molecule has 3 heteroatoms. The summed E-state index contributed by atoms with van der Waals surface area (Å²) in [4.78, 5) is 0. The number of nitrogens with one attached hydrogen (secondary N) is 1. The molecule has 0 bridgehead atoms. The molecule has 17 heavy (non-hydrogen) atoms. The number of hydrogen-bond acceptors (Lipinski definition) is 3. The fourth-order valence-electron chi connectivity index (χ4n) is 3.27. The van der Waals surface area contributed by atoms with E-state index in [0.717, 1.165) is 32.1 Å². The zero-order valence-corrected chi connectivity index (χ0v) is 10.0. The molecule has 1 aromatic carbocycles. The predicted molar refractivity (Wildman–Crippen MR) is 68.9 cm³/mol. The second-order valence-electron chi connectivity index (χ2n) is 5.52. The highest BCUT2D eigenvalue weighted by molar-refractivity contribution is 5.57. The van der Waals surface area contributed by atoms with Crippen LogP contribution in [-0.2, 0) is 6.42 Å². The Kier molecular flexibility index (Phi) is 2.60. The summed E-state index contributed by atoms with van der Waals surface area (Å²) in [5.41, 5.74) is 7.85. The summed E-state index contributed by atoms with van der Waals surface area (Å²) in [5.74, 6) is 0. The van der Waals surface area contributed by atoms with Crippen molar-refractivity contribution in [3.05, 3.63) is 29.8 Å². The second-order valence-corrected chi connectivity index (χ2v) is 5.52. The van der Waals surface area contributed by atoms with Gasteiger partial charge in [-0.3, -0.25) is 0 Å². The van der Waals surface area contributed by atoms with Crippen LogP contribution >= 0.6 is 0 Å². The van der Waals surface area contributed by atoms with E-state index in [1.165, 1.54) is 11.3 Å². The lowest BCUT2D eigenvalue weighted by atomic mass is 9.76. The molecule has 3 rings (SSSR count). The van der Waals surface area contributed by atoms with Gasteiger partial charge in [-0.1, -0.05) is 18.2 Å². The Morgan fingerprint density at radius 3 is 2.94 bits per heavy atom. The minimum absolute atomic E-state index is 0.131.